The second-order valence-corrected chi connectivity index (χ2v) is 3.58. The molecule has 0 aromatic carbocycles. The smallest absolute Gasteiger partial charge is 0.186 e. The minimum atomic E-state index is 0.0145. The van der Waals surface area contributed by atoms with Crippen LogP contribution in [0, 0.1) is 0 Å². The van der Waals surface area contributed by atoms with Gasteiger partial charge in [0.15, 0.2) is 5.43 Å². The van der Waals surface area contributed by atoms with Crippen LogP contribution in [-0.2, 0) is 0 Å². The fourth-order valence-corrected chi connectivity index (χ4v) is 1.86. The lowest BCUT2D eigenvalue weighted by Gasteiger charge is -2.00. The average molecular weight is 208 g/mol. The Morgan fingerprint density at radius 2 is 1.69 bits per heavy atom. The van der Waals surface area contributed by atoms with Crippen molar-refractivity contribution in [3.8, 4) is 11.1 Å². The van der Waals surface area contributed by atoms with E-state index >= 15 is 0 Å². The molecule has 0 bridgehead atoms. The number of hydrogen-bond acceptors (Lipinski definition) is 3. The standard InChI is InChI=1S/C13H8N2O/c16-12-6-2-5-11-10(12)4-1-3-9-7-8-14-15-13(9)11/h1-8H. The summed E-state index contributed by atoms with van der Waals surface area (Å²) in [6, 6.07) is 12.7. The van der Waals surface area contributed by atoms with Crippen molar-refractivity contribution in [2.24, 2.45) is 0 Å². The van der Waals surface area contributed by atoms with Crippen LogP contribution in [-0.4, -0.2) is 10.2 Å². The van der Waals surface area contributed by atoms with E-state index in [0.717, 1.165) is 16.5 Å². The van der Waals surface area contributed by atoms with Gasteiger partial charge in [-0.05, 0) is 12.1 Å². The second-order valence-electron chi connectivity index (χ2n) is 3.58. The monoisotopic (exact) mass is 208 g/mol. The van der Waals surface area contributed by atoms with Gasteiger partial charge in [0.1, 0.15) is 5.52 Å². The molecule has 1 aromatic heterocycles. The van der Waals surface area contributed by atoms with Crippen LogP contribution in [0.15, 0.2) is 53.5 Å². The normalized spacial score (nSPS) is 10.8. The SMILES string of the molecule is O=c1cccc2c3nnccc3cccc1-2. The lowest BCUT2D eigenvalue weighted by molar-refractivity contribution is 1.08. The van der Waals surface area contributed by atoms with E-state index in [4.69, 9.17) is 0 Å². The fraction of sp³-hybridized carbons (Fsp3) is 0. The lowest BCUT2D eigenvalue weighted by atomic mass is 10.1. The fourth-order valence-electron chi connectivity index (χ4n) is 1.86. The van der Waals surface area contributed by atoms with E-state index in [1.54, 1.807) is 18.3 Å². The number of rotatable bonds is 0. The van der Waals surface area contributed by atoms with Crippen LogP contribution in [0.25, 0.3) is 22.0 Å². The van der Waals surface area contributed by atoms with Crippen molar-refractivity contribution in [1.29, 1.82) is 0 Å². The number of hydrogen-bond donors (Lipinski definition) is 0. The zero-order valence-corrected chi connectivity index (χ0v) is 8.42. The van der Waals surface area contributed by atoms with Crippen LogP contribution in [0.3, 0.4) is 0 Å². The maximum atomic E-state index is 11.7. The summed E-state index contributed by atoms with van der Waals surface area (Å²) in [6.45, 7) is 0. The Morgan fingerprint density at radius 1 is 0.875 bits per heavy atom. The summed E-state index contributed by atoms with van der Waals surface area (Å²) < 4.78 is 0. The Balaban J connectivity index is 2.59. The van der Waals surface area contributed by atoms with E-state index in [9.17, 15) is 4.79 Å². The largest absolute Gasteiger partial charge is 0.289 e. The molecule has 0 N–H and O–H groups in total. The second kappa shape index (κ2) is 3.38. The molecule has 3 rings (SSSR count). The van der Waals surface area contributed by atoms with Crippen molar-refractivity contribution in [3.05, 3.63) is 58.9 Å². The Bertz CT molecular complexity index is 694. The van der Waals surface area contributed by atoms with Crippen LogP contribution >= 0.6 is 0 Å². The van der Waals surface area contributed by atoms with Crippen LogP contribution in [0.2, 0.25) is 0 Å². The first-order chi connectivity index (χ1) is 7.86. The van der Waals surface area contributed by atoms with E-state index in [2.05, 4.69) is 10.2 Å². The van der Waals surface area contributed by atoms with Crippen molar-refractivity contribution < 1.29 is 0 Å². The van der Waals surface area contributed by atoms with Crippen molar-refractivity contribution in [2.45, 2.75) is 0 Å². The van der Waals surface area contributed by atoms with Crippen LogP contribution < -0.4 is 5.43 Å². The molecule has 1 aromatic rings. The van der Waals surface area contributed by atoms with Crippen LogP contribution in [0.1, 0.15) is 0 Å². The molecular formula is C13H8N2O. The highest BCUT2D eigenvalue weighted by Crippen LogP contribution is 2.23. The highest BCUT2D eigenvalue weighted by atomic mass is 16.1. The van der Waals surface area contributed by atoms with E-state index < -0.39 is 0 Å². The van der Waals surface area contributed by atoms with E-state index in [0.29, 0.717) is 5.56 Å². The minimum absolute atomic E-state index is 0.0145. The first kappa shape index (κ1) is 8.97. The van der Waals surface area contributed by atoms with Crippen molar-refractivity contribution in [3.63, 3.8) is 0 Å². The summed E-state index contributed by atoms with van der Waals surface area (Å²) >= 11 is 0. The first-order valence-electron chi connectivity index (χ1n) is 5.00. The third kappa shape index (κ3) is 1.26. The van der Waals surface area contributed by atoms with Gasteiger partial charge in [0.25, 0.3) is 0 Å². The molecule has 0 amide bonds. The topological polar surface area (TPSA) is 42.9 Å². The zero-order valence-electron chi connectivity index (χ0n) is 8.42. The molecule has 0 atom stereocenters. The van der Waals surface area contributed by atoms with Gasteiger partial charge in [0.2, 0.25) is 0 Å². The molecule has 0 saturated heterocycles. The van der Waals surface area contributed by atoms with E-state index in [-0.39, 0.29) is 5.43 Å². The number of aromatic nitrogens is 2. The third-order valence-corrected chi connectivity index (χ3v) is 2.61. The highest BCUT2D eigenvalue weighted by molar-refractivity contribution is 5.92. The quantitative estimate of drug-likeness (QED) is 0.568. The molecule has 3 nitrogen and oxygen atoms in total. The highest BCUT2D eigenvalue weighted by Gasteiger charge is 2.07. The summed E-state index contributed by atoms with van der Waals surface area (Å²) in [5.74, 6) is 0. The minimum Gasteiger partial charge on any atom is -0.289 e. The predicted octanol–water partition coefficient (Wildman–Crippen LogP) is 2.09. The molecule has 0 radical (unpaired) electrons. The molecule has 2 aliphatic rings. The van der Waals surface area contributed by atoms with Gasteiger partial charge in [-0.3, -0.25) is 4.79 Å². The molecule has 3 heteroatoms. The summed E-state index contributed by atoms with van der Waals surface area (Å²) in [6.07, 6.45) is 1.65. The molecule has 0 saturated carbocycles. The Labute approximate surface area is 91.7 Å². The Hall–Kier alpha value is -2.29. The third-order valence-electron chi connectivity index (χ3n) is 2.61. The molecule has 0 aliphatic heterocycles. The maximum Gasteiger partial charge on any atom is 0.186 e. The van der Waals surface area contributed by atoms with Crippen molar-refractivity contribution >= 4 is 10.9 Å². The van der Waals surface area contributed by atoms with E-state index in [1.165, 1.54) is 0 Å². The summed E-state index contributed by atoms with van der Waals surface area (Å²) in [5, 5.41) is 8.95. The number of benzene rings is 1. The summed E-state index contributed by atoms with van der Waals surface area (Å²) in [7, 11) is 0. The van der Waals surface area contributed by atoms with Crippen LogP contribution in [0.4, 0.5) is 0 Å². The molecule has 0 spiro atoms. The molecule has 0 fully saturated rings. The zero-order chi connectivity index (χ0) is 11.0. The molecule has 0 unspecified atom stereocenters. The van der Waals surface area contributed by atoms with Crippen molar-refractivity contribution in [2.75, 3.05) is 0 Å². The summed E-state index contributed by atoms with van der Waals surface area (Å²) in [5.41, 5.74) is 2.31. The average Bonchev–Trinajstić information content (AvgIpc) is 2.50. The van der Waals surface area contributed by atoms with Crippen LogP contribution in [0.5, 0.6) is 0 Å². The van der Waals surface area contributed by atoms with Gasteiger partial charge < -0.3 is 0 Å². The Morgan fingerprint density at radius 3 is 2.62 bits per heavy atom. The molecule has 76 valence electrons. The molecule has 1 heterocycles. The van der Waals surface area contributed by atoms with Gasteiger partial charge in [-0.1, -0.05) is 30.3 Å². The van der Waals surface area contributed by atoms with Gasteiger partial charge >= 0.3 is 0 Å². The first-order valence-corrected chi connectivity index (χ1v) is 5.00. The summed E-state index contributed by atoms with van der Waals surface area (Å²) in [4.78, 5) is 11.7. The molecule has 2 aliphatic carbocycles. The van der Waals surface area contributed by atoms with Gasteiger partial charge in [0, 0.05) is 16.5 Å². The maximum absolute atomic E-state index is 11.7. The molecular weight excluding hydrogens is 200 g/mol. The predicted molar refractivity (Wildman–Crippen MR) is 62.4 cm³/mol. The molecule has 16 heavy (non-hydrogen) atoms. The van der Waals surface area contributed by atoms with E-state index in [1.807, 2.05) is 30.3 Å². The van der Waals surface area contributed by atoms with Gasteiger partial charge in [0.05, 0.1) is 6.20 Å². The van der Waals surface area contributed by atoms with Crippen molar-refractivity contribution in [1.82, 2.24) is 10.2 Å². The Kier molecular flexibility index (Phi) is 1.90. The number of fused-ring (bicyclic) bond motifs is 3. The van der Waals surface area contributed by atoms with Gasteiger partial charge in [-0.25, -0.2) is 0 Å². The van der Waals surface area contributed by atoms with Gasteiger partial charge in [-0.2, -0.15) is 5.10 Å². The van der Waals surface area contributed by atoms with Gasteiger partial charge in [-0.15, -0.1) is 5.10 Å². The number of nitrogens with zero attached hydrogens (tertiary/aromatic N) is 2. The lowest BCUT2D eigenvalue weighted by Crippen LogP contribution is -2.01.